The number of nitriles is 1. The molecule has 0 amide bonds. The van der Waals surface area contributed by atoms with Crippen LogP contribution in [0.5, 0.6) is 0 Å². The van der Waals surface area contributed by atoms with Gasteiger partial charge in [0, 0.05) is 43.8 Å². The van der Waals surface area contributed by atoms with E-state index >= 15 is 0 Å². The van der Waals surface area contributed by atoms with Crippen LogP contribution in [0.4, 0.5) is 5.13 Å². The number of hydrogen-bond acceptors (Lipinski definition) is 5. The van der Waals surface area contributed by atoms with Crippen molar-refractivity contribution in [2.24, 2.45) is 5.92 Å². The zero-order valence-electron chi connectivity index (χ0n) is 11.9. The topological polar surface area (TPSA) is 43.2 Å². The molecule has 5 heteroatoms. The van der Waals surface area contributed by atoms with Gasteiger partial charge in [0.15, 0.2) is 5.13 Å². The predicted molar refractivity (Wildman–Crippen MR) is 81.9 cm³/mol. The number of anilines is 1. The lowest BCUT2D eigenvalue weighted by Gasteiger charge is -2.40. The van der Waals surface area contributed by atoms with Gasteiger partial charge in [0.05, 0.1) is 12.0 Å². The molecule has 2 unspecified atom stereocenters. The summed E-state index contributed by atoms with van der Waals surface area (Å²) in [6, 6.07) is 3.05. The molecule has 0 bridgehead atoms. The molecule has 1 saturated carbocycles. The molecular weight excluding hydrogens is 268 g/mol. The van der Waals surface area contributed by atoms with Gasteiger partial charge in [-0.1, -0.05) is 19.3 Å². The third-order valence-corrected chi connectivity index (χ3v) is 5.45. The highest BCUT2D eigenvalue weighted by molar-refractivity contribution is 7.13. The summed E-state index contributed by atoms with van der Waals surface area (Å²) in [6.07, 6.45) is 7.99. The zero-order chi connectivity index (χ0) is 13.8. The summed E-state index contributed by atoms with van der Waals surface area (Å²) >= 11 is 1.72. The van der Waals surface area contributed by atoms with Crippen molar-refractivity contribution in [2.45, 2.75) is 38.1 Å². The maximum atomic E-state index is 9.42. The Hall–Kier alpha value is -1.12. The Morgan fingerprint density at radius 1 is 1.15 bits per heavy atom. The van der Waals surface area contributed by atoms with Crippen molar-refractivity contribution >= 4 is 16.5 Å². The van der Waals surface area contributed by atoms with E-state index in [2.05, 4.69) is 20.9 Å². The van der Waals surface area contributed by atoms with Crippen molar-refractivity contribution < 1.29 is 0 Å². The molecule has 1 aromatic heterocycles. The number of rotatable bonds is 2. The van der Waals surface area contributed by atoms with Gasteiger partial charge in [-0.05, 0) is 12.8 Å². The molecule has 1 aromatic rings. The van der Waals surface area contributed by atoms with Gasteiger partial charge < -0.3 is 4.90 Å². The van der Waals surface area contributed by atoms with Crippen LogP contribution in [0.15, 0.2) is 11.6 Å². The molecule has 0 aromatic carbocycles. The van der Waals surface area contributed by atoms with Crippen molar-refractivity contribution in [3.63, 3.8) is 0 Å². The Morgan fingerprint density at radius 3 is 2.65 bits per heavy atom. The van der Waals surface area contributed by atoms with E-state index < -0.39 is 0 Å². The summed E-state index contributed by atoms with van der Waals surface area (Å²) in [6.45, 7) is 4.23. The van der Waals surface area contributed by atoms with Crippen LogP contribution in [0.3, 0.4) is 0 Å². The minimum atomic E-state index is 0.240. The molecule has 2 atom stereocenters. The molecule has 0 radical (unpaired) electrons. The maximum Gasteiger partial charge on any atom is 0.185 e. The van der Waals surface area contributed by atoms with Gasteiger partial charge in [-0.3, -0.25) is 4.90 Å². The molecule has 2 heterocycles. The van der Waals surface area contributed by atoms with Gasteiger partial charge in [0.25, 0.3) is 0 Å². The highest BCUT2D eigenvalue weighted by atomic mass is 32.1. The van der Waals surface area contributed by atoms with Crippen LogP contribution in [0.1, 0.15) is 32.1 Å². The van der Waals surface area contributed by atoms with Crippen LogP contribution in [-0.4, -0.2) is 42.1 Å². The van der Waals surface area contributed by atoms with Gasteiger partial charge in [0.2, 0.25) is 0 Å². The monoisotopic (exact) mass is 290 g/mol. The molecule has 3 rings (SSSR count). The fourth-order valence-electron chi connectivity index (χ4n) is 3.49. The second kappa shape index (κ2) is 6.55. The first-order chi connectivity index (χ1) is 9.88. The van der Waals surface area contributed by atoms with Crippen LogP contribution in [0.2, 0.25) is 0 Å². The average molecular weight is 290 g/mol. The average Bonchev–Trinajstić information content (AvgIpc) is 2.92. The van der Waals surface area contributed by atoms with E-state index in [4.69, 9.17) is 0 Å². The maximum absolute atomic E-state index is 9.42. The predicted octanol–water partition coefficient (Wildman–Crippen LogP) is 2.74. The Kier molecular flexibility index (Phi) is 4.54. The summed E-state index contributed by atoms with van der Waals surface area (Å²) in [5, 5.41) is 12.6. The zero-order valence-corrected chi connectivity index (χ0v) is 12.7. The lowest BCUT2D eigenvalue weighted by molar-refractivity contribution is 0.145. The Bertz CT molecular complexity index is 445. The third kappa shape index (κ3) is 2.97. The van der Waals surface area contributed by atoms with E-state index in [9.17, 15) is 5.26 Å². The van der Waals surface area contributed by atoms with E-state index in [0.717, 1.165) is 37.7 Å². The minimum Gasteiger partial charge on any atom is -0.346 e. The fraction of sp³-hybridized carbons (Fsp3) is 0.733. The summed E-state index contributed by atoms with van der Waals surface area (Å²) in [5.74, 6) is 0.240. The SMILES string of the molecule is N#CC1CCCCCC1N1CCN(c2nccs2)CC1. The summed E-state index contributed by atoms with van der Waals surface area (Å²) < 4.78 is 0. The van der Waals surface area contributed by atoms with Gasteiger partial charge in [0.1, 0.15) is 0 Å². The highest BCUT2D eigenvalue weighted by Gasteiger charge is 2.31. The third-order valence-electron chi connectivity index (χ3n) is 4.62. The second-order valence-electron chi connectivity index (χ2n) is 5.78. The molecule has 0 spiro atoms. The van der Waals surface area contributed by atoms with Crippen molar-refractivity contribution in [2.75, 3.05) is 31.1 Å². The van der Waals surface area contributed by atoms with E-state index in [-0.39, 0.29) is 5.92 Å². The Labute approximate surface area is 125 Å². The molecule has 1 aliphatic heterocycles. The van der Waals surface area contributed by atoms with E-state index in [0.29, 0.717) is 6.04 Å². The van der Waals surface area contributed by atoms with Crippen molar-refractivity contribution in [3.05, 3.63) is 11.6 Å². The lowest BCUT2D eigenvalue weighted by Crippen LogP contribution is -2.52. The smallest absolute Gasteiger partial charge is 0.185 e. The van der Waals surface area contributed by atoms with Gasteiger partial charge in [-0.25, -0.2) is 4.98 Å². The summed E-state index contributed by atoms with van der Waals surface area (Å²) in [5.41, 5.74) is 0. The molecule has 20 heavy (non-hydrogen) atoms. The van der Waals surface area contributed by atoms with Gasteiger partial charge >= 0.3 is 0 Å². The highest BCUT2D eigenvalue weighted by Crippen LogP contribution is 2.28. The van der Waals surface area contributed by atoms with Crippen LogP contribution >= 0.6 is 11.3 Å². The Morgan fingerprint density at radius 2 is 1.95 bits per heavy atom. The van der Waals surface area contributed by atoms with E-state index in [1.165, 1.54) is 25.7 Å². The molecule has 4 nitrogen and oxygen atoms in total. The van der Waals surface area contributed by atoms with Gasteiger partial charge in [-0.15, -0.1) is 11.3 Å². The molecule has 1 saturated heterocycles. The van der Waals surface area contributed by atoms with Gasteiger partial charge in [-0.2, -0.15) is 5.26 Å². The van der Waals surface area contributed by atoms with E-state index in [1.54, 1.807) is 11.3 Å². The van der Waals surface area contributed by atoms with Crippen LogP contribution in [0, 0.1) is 17.2 Å². The first-order valence-corrected chi connectivity index (χ1v) is 8.54. The largest absolute Gasteiger partial charge is 0.346 e. The van der Waals surface area contributed by atoms with Crippen molar-refractivity contribution in [1.82, 2.24) is 9.88 Å². The molecule has 0 N–H and O–H groups in total. The molecule has 1 aliphatic carbocycles. The van der Waals surface area contributed by atoms with Crippen molar-refractivity contribution in [1.29, 1.82) is 5.26 Å². The van der Waals surface area contributed by atoms with Crippen LogP contribution in [0.25, 0.3) is 0 Å². The van der Waals surface area contributed by atoms with E-state index in [1.807, 2.05) is 11.6 Å². The number of thiazole rings is 1. The quantitative estimate of drug-likeness (QED) is 0.786. The molecular formula is C15H22N4S. The molecule has 2 fully saturated rings. The first-order valence-electron chi connectivity index (χ1n) is 7.66. The number of hydrogen-bond donors (Lipinski definition) is 0. The normalized spacial score (nSPS) is 28.9. The Balaban J connectivity index is 1.60. The number of piperazine rings is 1. The summed E-state index contributed by atoms with van der Waals surface area (Å²) in [4.78, 5) is 9.33. The molecule has 108 valence electrons. The molecule has 2 aliphatic rings. The summed E-state index contributed by atoms with van der Waals surface area (Å²) in [7, 11) is 0. The number of nitrogens with zero attached hydrogens (tertiary/aromatic N) is 4. The second-order valence-corrected chi connectivity index (χ2v) is 6.65. The van der Waals surface area contributed by atoms with Crippen molar-refractivity contribution in [3.8, 4) is 6.07 Å². The standard InChI is InChI=1S/C15H22N4S/c16-12-13-4-2-1-3-5-14(13)18-7-9-19(10-8-18)15-17-6-11-20-15/h6,11,13-14H,1-5,7-10H2. The lowest BCUT2D eigenvalue weighted by atomic mass is 9.94. The van der Waals surface area contributed by atoms with Crippen LogP contribution in [-0.2, 0) is 0 Å². The fourth-order valence-corrected chi connectivity index (χ4v) is 4.19. The number of aromatic nitrogens is 1. The minimum absolute atomic E-state index is 0.240. The van der Waals surface area contributed by atoms with Crippen LogP contribution < -0.4 is 4.90 Å². The first kappa shape index (κ1) is 13.8.